The third-order valence-electron chi connectivity index (χ3n) is 6.59. The van der Waals surface area contributed by atoms with E-state index in [4.69, 9.17) is 9.47 Å². The maximum absolute atomic E-state index is 13.6. The van der Waals surface area contributed by atoms with Crippen LogP contribution in [0.3, 0.4) is 0 Å². The normalized spacial score (nSPS) is 18.6. The molecule has 1 unspecified atom stereocenters. The first-order chi connectivity index (χ1) is 16.0. The van der Waals surface area contributed by atoms with Gasteiger partial charge < -0.3 is 14.4 Å². The van der Waals surface area contributed by atoms with Gasteiger partial charge in [-0.2, -0.15) is 5.10 Å². The van der Waals surface area contributed by atoms with Crippen molar-refractivity contribution in [1.82, 2.24) is 19.6 Å². The summed E-state index contributed by atoms with van der Waals surface area (Å²) in [6.07, 6.45) is 2.77. The smallest absolute Gasteiger partial charge is 0.410 e. The number of hydrogen-bond donors (Lipinski definition) is 0. The molecule has 0 N–H and O–H groups in total. The lowest BCUT2D eigenvalue weighted by molar-refractivity contribution is 0.00880. The molecule has 4 rings (SSSR count). The zero-order valence-corrected chi connectivity index (χ0v) is 20.6. The molecule has 9 nitrogen and oxygen atoms in total. The number of esters is 1. The van der Waals surface area contributed by atoms with E-state index in [0.29, 0.717) is 23.4 Å². The number of nitrogens with zero attached hydrogens (tertiary/aromatic N) is 4. The maximum atomic E-state index is 13.6. The SMILES string of the molecule is COC(=O)c1cccc(C2(N(C)C(=O)c3cnn4c3CN(C(=O)OC(C)(C)C)C(C)C4)CC2)c1. The van der Waals surface area contributed by atoms with Gasteiger partial charge in [0, 0.05) is 7.05 Å². The lowest BCUT2D eigenvalue weighted by atomic mass is 9.99. The first-order valence-corrected chi connectivity index (χ1v) is 11.5. The second kappa shape index (κ2) is 8.45. The molecule has 1 aliphatic heterocycles. The Morgan fingerprint density at radius 3 is 2.53 bits per heavy atom. The van der Waals surface area contributed by atoms with E-state index < -0.39 is 23.2 Å². The average molecular weight is 469 g/mol. The highest BCUT2D eigenvalue weighted by atomic mass is 16.6. The van der Waals surface area contributed by atoms with E-state index in [1.165, 1.54) is 7.11 Å². The zero-order chi connectivity index (χ0) is 24.8. The van der Waals surface area contributed by atoms with Crippen molar-refractivity contribution >= 4 is 18.0 Å². The second-order valence-corrected chi connectivity index (χ2v) is 10.1. The van der Waals surface area contributed by atoms with Gasteiger partial charge in [-0.3, -0.25) is 14.4 Å². The minimum absolute atomic E-state index is 0.112. The zero-order valence-electron chi connectivity index (χ0n) is 20.6. The fourth-order valence-corrected chi connectivity index (χ4v) is 4.51. The molecular formula is C25H32N4O5. The number of methoxy groups -OCH3 is 1. The predicted molar refractivity (Wildman–Crippen MR) is 124 cm³/mol. The first-order valence-electron chi connectivity index (χ1n) is 11.5. The van der Waals surface area contributed by atoms with E-state index in [1.54, 1.807) is 39.9 Å². The molecule has 1 aromatic carbocycles. The molecule has 2 aliphatic rings. The quantitative estimate of drug-likeness (QED) is 0.637. The van der Waals surface area contributed by atoms with Crippen molar-refractivity contribution in [2.45, 2.75) is 70.8 Å². The van der Waals surface area contributed by atoms with Crippen molar-refractivity contribution in [1.29, 1.82) is 0 Å². The van der Waals surface area contributed by atoms with E-state index >= 15 is 0 Å². The van der Waals surface area contributed by atoms with E-state index in [-0.39, 0.29) is 18.5 Å². The number of carbonyl (C=O) groups excluding carboxylic acids is 3. The largest absolute Gasteiger partial charge is 0.465 e. The fourth-order valence-electron chi connectivity index (χ4n) is 4.51. The minimum Gasteiger partial charge on any atom is -0.465 e. The number of ether oxygens (including phenoxy) is 2. The number of rotatable bonds is 4. The van der Waals surface area contributed by atoms with Crippen molar-refractivity contribution in [2.75, 3.05) is 14.2 Å². The van der Waals surface area contributed by atoms with Crippen molar-refractivity contribution in [3.05, 3.63) is 52.8 Å². The van der Waals surface area contributed by atoms with Crippen LogP contribution in [0, 0.1) is 0 Å². The summed E-state index contributed by atoms with van der Waals surface area (Å²) in [7, 11) is 3.13. The van der Waals surface area contributed by atoms with Crippen molar-refractivity contribution in [2.24, 2.45) is 0 Å². The molecule has 2 aromatic rings. The maximum Gasteiger partial charge on any atom is 0.410 e. The van der Waals surface area contributed by atoms with Gasteiger partial charge in [0.25, 0.3) is 5.91 Å². The van der Waals surface area contributed by atoms with Crippen LogP contribution in [0.25, 0.3) is 0 Å². The molecule has 1 aromatic heterocycles. The summed E-state index contributed by atoms with van der Waals surface area (Å²) in [5, 5.41) is 4.43. The summed E-state index contributed by atoms with van der Waals surface area (Å²) in [5.74, 6) is -0.574. The van der Waals surface area contributed by atoms with Gasteiger partial charge in [-0.1, -0.05) is 12.1 Å². The Kier molecular flexibility index (Phi) is 5.91. The lowest BCUT2D eigenvalue weighted by Crippen LogP contribution is -2.47. The van der Waals surface area contributed by atoms with Gasteiger partial charge in [-0.15, -0.1) is 0 Å². The molecular weight excluding hydrogens is 436 g/mol. The van der Waals surface area contributed by atoms with Crippen LogP contribution >= 0.6 is 0 Å². The Morgan fingerprint density at radius 2 is 1.91 bits per heavy atom. The fraction of sp³-hybridized carbons (Fsp3) is 0.520. The average Bonchev–Trinajstić information content (AvgIpc) is 3.50. The van der Waals surface area contributed by atoms with Crippen LogP contribution in [0.4, 0.5) is 4.79 Å². The van der Waals surface area contributed by atoms with Crippen LogP contribution in [0.5, 0.6) is 0 Å². The van der Waals surface area contributed by atoms with Crippen LogP contribution in [0.15, 0.2) is 30.5 Å². The Hall–Kier alpha value is -3.36. The molecule has 2 amide bonds. The van der Waals surface area contributed by atoms with Crippen LogP contribution in [-0.4, -0.2) is 63.4 Å². The molecule has 1 aliphatic carbocycles. The number of carbonyl (C=O) groups is 3. The molecule has 9 heteroatoms. The van der Waals surface area contributed by atoms with Crippen molar-refractivity contribution in [3.63, 3.8) is 0 Å². The first kappa shape index (κ1) is 23.8. The molecule has 0 spiro atoms. The number of fused-ring (bicyclic) bond motifs is 1. The van der Waals surface area contributed by atoms with E-state index in [9.17, 15) is 14.4 Å². The molecule has 1 saturated carbocycles. The molecule has 0 saturated heterocycles. The Balaban J connectivity index is 1.59. The highest BCUT2D eigenvalue weighted by molar-refractivity contribution is 5.96. The Labute approximate surface area is 199 Å². The predicted octanol–water partition coefficient (Wildman–Crippen LogP) is 3.57. The summed E-state index contributed by atoms with van der Waals surface area (Å²) in [5.41, 5.74) is 1.43. The van der Waals surface area contributed by atoms with Crippen LogP contribution in [-0.2, 0) is 28.1 Å². The van der Waals surface area contributed by atoms with Crippen molar-refractivity contribution < 1.29 is 23.9 Å². The third-order valence-corrected chi connectivity index (χ3v) is 6.59. The van der Waals surface area contributed by atoms with Gasteiger partial charge in [0.05, 0.1) is 54.8 Å². The topological polar surface area (TPSA) is 94.0 Å². The summed E-state index contributed by atoms with van der Waals surface area (Å²) in [6.45, 7) is 8.16. The Morgan fingerprint density at radius 1 is 1.21 bits per heavy atom. The summed E-state index contributed by atoms with van der Waals surface area (Å²) >= 11 is 0. The highest BCUT2D eigenvalue weighted by Gasteiger charge is 2.51. The standard InChI is InChI=1S/C25H32N4O5/c1-16-14-29-20(15-28(16)23(32)34-24(2,3)4)19(13-26-29)21(30)27(5)25(10-11-25)18-9-7-8-17(12-18)22(31)33-6/h7-9,12-13,16H,10-11,14-15H2,1-6H3. The summed E-state index contributed by atoms with van der Waals surface area (Å²) < 4.78 is 12.2. The summed E-state index contributed by atoms with van der Waals surface area (Å²) in [6, 6.07) is 7.12. The number of hydrogen-bond acceptors (Lipinski definition) is 6. The van der Waals surface area contributed by atoms with Gasteiger partial charge in [-0.25, -0.2) is 9.59 Å². The third kappa shape index (κ3) is 4.26. The summed E-state index contributed by atoms with van der Waals surface area (Å²) in [4.78, 5) is 41.8. The van der Waals surface area contributed by atoms with Crippen LogP contribution in [0.1, 0.15) is 72.5 Å². The van der Waals surface area contributed by atoms with Gasteiger partial charge in [0.15, 0.2) is 0 Å². The molecule has 0 bridgehead atoms. The molecule has 34 heavy (non-hydrogen) atoms. The lowest BCUT2D eigenvalue weighted by Gasteiger charge is -2.36. The monoisotopic (exact) mass is 468 g/mol. The van der Waals surface area contributed by atoms with E-state index in [1.807, 2.05) is 39.8 Å². The molecule has 2 heterocycles. The molecule has 1 atom stereocenters. The van der Waals surface area contributed by atoms with Gasteiger partial charge >= 0.3 is 12.1 Å². The van der Waals surface area contributed by atoms with E-state index in [0.717, 1.165) is 18.4 Å². The van der Waals surface area contributed by atoms with Gasteiger partial charge in [0.1, 0.15) is 5.60 Å². The molecule has 1 fully saturated rings. The van der Waals surface area contributed by atoms with Crippen LogP contribution in [0.2, 0.25) is 0 Å². The number of amides is 2. The Bertz CT molecular complexity index is 1130. The highest BCUT2D eigenvalue weighted by Crippen LogP contribution is 2.51. The van der Waals surface area contributed by atoms with Crippen LogP contribution < -0.4 is 0 Å². The minimum atomic E-state index is -0.607. The van der Waals surface area contributed by atoms with Gasteiger partial charge in [0.2, 0.25) is 0 Å². The van der Waals surface area contributed by atoms with Gasteiger partial charge in [-0.05, 0) is 58.2 Å². The van der Waals surface area contributed by atoms with Crippen molar-refractivity contribution in [3.8, 4) is 0 Å². The second-order valence-electron chi connectivity index (χ2n) is 10.1. The van der Waals surface area contributed by atoms with E-state index in [2.05, 4.69) is 5.10 Å². The molecule has 0 radical (unpaired) electrons. The molecule has 182 valence electrons. The number of aromatic nitrogens is 2. The number of benzene rings is 1.